The fourth-order valence-corrected chi connectivity index (χ4v) is 6.86. The number of aromatic hydroxyl groups is 1. The molecule has 1 amide bonds. The number of benzene rings is 2. The van der Waals surface area contributed by atoms with E-state index >= 15 is 0 Å². The number of piperidine rings is 2. The van der Waals surface area contributed by atoms with Gasteiger partial charge >= 0.3 is 0 Å². The summed E-state index contributed by atoms with van der Waals surface area (Å²) in [5.41, 5.74) is 2.68. The van der Waals surface area contributed by atoms with Crippen LogP contribution in [0.1, 0.15) is 49.3 Å². The third-order valence-electron chi connectivity index (χ3n) is 7.59. The summed E-state index contributed by atoms with van der Waals surface area (Å²) in [7, 11) is -3.55. The number of sulfonamides is 1. The summed E-state index contributed by atoms with van der Waals surface area (Å²) in [6.45, 7) is 4.00. The lowest BCUT2D eigenvalue weighted by Gasteiger charge is -2.34. The number of amidine groups is 1. The standard InChI is InChI=1S/C29H37N5O5S2/c1-41(38,39)32-24-18-21(7-10-25(24)35)26(36)19-30-22-11-15-33(16-12-22)23-8-5-20(6-9-23)17-27-28(37)31-29(40-27)34-13-3-2-4-14-34/h5-10,17-18,22,26,30,32,35-36H,2-4,11-16,19H2,1H3/t26-/m0/s1. The number of phenols is 1. The van der Waals surface area contributed by atoms with Crippen LogP contribution < -0.4 is 14.9 Å². The van der Waals surface area contributed by atoms with Gasteiger partial charge in [0, 0.05) is 44.5 Å². The zero-order valence-corrected chi connectivity index (χ0v) is 24.8. The van der Waals surface area contributed by atoms with E-state index in [9.17, 15) is 23.4 Å². The van der Waals surface area contributed by atoms with Gasteiger partial charge in [0.2, 0.25) is 10.0 Å². The van der Waals surface area contributed by atoms with E-state index in [-0.39, 0.29) is 23.4 Å². The number of aliphatic hydroxyl groups is 1. The van der Waals surface area contributed by atoms with Crippen LogP contribution >= 0.6 is 11.8 Å². The van der Waals surface area contributed by atoms with E-state index in [0.29, 0.717) is 17.0 Å². The average Bonchev–Trinajstić information content (AvgIpc) is 3.33. The molecule has 2 aromatic carbocycles. The van der Waals surface area contributed by atoms with Crippen molar-refractivity contribution in [3.63, 3.8) is 0 Å². The van der Waals surface area contributed by atoms with Crippen molar-refractivity contribution in [2.24, 2.45) is 4.99 Å². The summed E-state index contributed by atoms with van der Waals surface area (Å²) in [5, 5.41) is 24.8. The fourth-order valence-electron chi connectivity index (χ4n) is 5.33. The van der Waals surface area contributed by atoms with E-state index in [2.05, 4.69) is 37.0 Å². The molecule has 0 aliphatic carbocycles. The van der Waals surface area contributed by atoms with Crippen LogP contribution in [0.25, 0.3) is 6.08 Å². The molecular formula is C29H37N5O5S2. The minimum absolute atomic E-state index is 0.0451. The number of likely N-dealkylation sites (tertiary alicyclic amines) is 1. The average molecular weight is 600 g/mol. The SMILES string of the molecule is CS(=O)(=O)Nc1cc([C@@H](O)CNC2CCN(c3ccc(C=C4SC(N5CCCCC5)=NC4=O)cc3)CC2)ccc1O. The highest BCUT2D eigenvalue weighted by Gasteiger charge is 2.27. The predicted octanol–water partition coefficient (Wildman–Crippen LogP) is 3.51. The largest absolute Gasteiger partial charge is 0.506 e. The highest BCUT2D eigenvalue weighted by atomic mass is 32.2. The molecule has 3 aliphatic heterocycles. The Bertz CT molecular complexity index is 1410. The summed E-state index contributed by atoms with van der Waals surface area (Å²) < 4.78 is 25.3. The zero-order valence-electron chi connectivity index (χ0n) is 23.1. The summed E-state index contributed by atoms with van der Waals surface area (Å²) >= 11 is 1.47. The van der Waals surface area contributed by atoms with Crippen molar-refractivity contribution in [3.05, 3.63) is 58.5 Å². The molecule has 5 rings (SSSR count). The molecule has 10 nitrogen and oxygen atoms in total. The zero-order chi connectivity index (χ0) is 29.0. The minimum Gasteiger partial charge on any atom is -0.506 e. The second kappa shape index (κ2) is 12.8. The lowest BCUT2D eigenvalue weighted by atomic mass is 10.0. The van der Waals surface area contributed by atoms with Gasteiger partial charge in [0.15, 0.2) is 5.17 Å². The van der Waals surface area contributed by atoms with E-state index in [1.807, 2.05) is 18.2 Å². The highest BCUT2D eigenvalue weighted by Crippen LogP contribution is 2.32. The summed E-state index contributed by atoms with van der Waals surface area (Å²) in [6.07, 6.45) is 7.45. The van der Waals surface area contributed by atoms with E-state index in [1.165, 1.54) is 30.3 Å². The van der Waals surface area contributed by atoms with Crippen molar-refractivity contribution < 1.29 is 23.4 Å². The van der Waals surface area contributed by atoms with Crippen molar-refractivity contribution in [3.8, 4) is 5.75 Å². The van der Waals surface area contributed by atoms with E-state index < -0.39 is 16.1 Å². The Labute approximate surface area is 245 Å². The number of carbonyl (C=O) groups is 1. The molecule has 0 unspecified atom stereocenters. The second-order valence-electron chi connectivity index (χ2n) is 10.8. The molecule has 1 atom stereocenters. The molecule has 0 radical (unpaired) electrons. The Morgan fingerprint density at radius 3 is 2.44 bits per heavy atom. The molecule has 3 aliphatic rings. The number of anilines is 2. The van der Waals surface area contributed by atoms with Gasteiger partial charge in [0.1, 0.15) is 5.75 Å². The normalized spacial score (nSPS) is 20.4. The topological polar surface area (TPSA) is 135 Å². The number of carbonyl (C=O) groups excluding carboxylic acids is 1. The van der Waals surface area contributed by atoms with Gasteiger partial charge in [0.25, 0.3) is 5.91 Å². The van der Waals surface area contributed by atoms with E-state index in [1.54, 1.807) is 6.07 Å². The summed E-state index contributed by atoms with van der Waals surface area (Å²) in [5.74, 6) is -0.353. The maximum Gasteiger partial charge on any atom is 0.286 e. The quantitative estimate of drug-likeness (QED) is 0.266. The molecule has 2 saturated heterocycles. The van der Waals surface area contributed by atoms with Gasteiger partial charge in [-0.3, -0.25) is 9.52 Å². The molecule has 3 heterocycles. The lowest BCUT2D eigenvalue weighted by molar-refractivity contribution is -0.113. The number of amides is 1. The van der Waals surface area contributed by atoms with E-state index in [0.717, 1.165) is 74.5 Å². The molecular weight excluding hydrogens is 562 g/mol. The molecule has 12 heteroatoms. The van der Waals surface area contributed by atoms with E-state index in [4.69, 9.17) is 0 Å². The number of hydrogen-bond acceptors (Lipinski definition) is 9. The van der Waals surface area contributed by atoms with Crippen LogP contribution in [-0.4, -0.2) is 79.6 Å². The van der Waals surface area contributed by atoms with Crippen molar-refractivity contribution in [1.29, 1.82) is 0 Å². The van der Waals surface area contributed by atoms with Gasteiger partial charge in [-0.25, -0.2) is 8.42 Å². The lowest BCUT2D eigenvalue weighted by Crippen LogP contribution is -2.43. The number of phenolic OH excluding ortho intramolecular Hbond substituents is 1. The second-order valence-corrected chi connectivity index (χ2v) is 13.5. The first kappa shape index (κ1) is 29.4. The molecule has 0 aromatic heterocycles. The number of aliphatic imine (C=N–C) groups is 1. The molecule has 2 aromatic rings. The molecule has 2 fully saturated rings. The molecule has 0 spiro atoms. The first-order valence-electron chi connectivity index (χ1n) is 14.0. The van der Waals surface area contributed by atoms with Crippen LogP contribution in [0.3, 0.4) is 0 Å². The van der Waals surface area contributed by atoms with Gasteiger partial charge < -0.3 is 25.3 Å². The highest BCUT2D eigenvalue weighted by molar-refractivity contribution is 8.18. The Hall–Kier alpha value is -3.06. The number of nitrogens with zero attached hydrogens (tertiary/aromatic N) is 3. The van der Waals surface area contributed by atoms with Gasteiger partial charge in [0.05, 0.1) is 23.0 Å². The van der Waals surface area contributed by atoms with Gasteiger partial charge in [-0.1, -0.05) is 18.2 Å². The smallest absolute Gasteiger partial charge is 0.286 e. The van der Waals surface area contributed by atoms with Crippen molar-refractivity contribution in [2.45, 2.75) is 44.2 Å². The predicted molar refractivity (Wildman–Crippen MR) is 165 cm³/mol. The maximum absolute atomic E-state index is 12.5. The van der Waals surface area contributed by atoms with Crippen molar-refractivity contribution >= 4 is 50.3 Å². The molecule has 4 N–H and O–H groups in total. The van der Waals surface area contributed by atoms with Crippen LogP contribution in [0.5, 0.6) is 5.75 Å². The number of aliphatic hydroxyl groups excluding tert-OH is 1. The van der Waals surface area contributed by atoms with Crippen molar-refractivity contribution in [1.82, 2.24) is 10.2 Å². The Kier molecular flexibility index (Phi) is 9.22. The van der Waals surface area contributed by atoms with Crippen LogP contribution in [0.2, 0.25) is 0 Å². The van der Waals surface area contributed by atoms with Crippen LogP contribution in [0.4, 0.5) is 11.4 Å². The number of thioether (sulfide) groups is 1. The minimum atomic E-state index is -3.55. The first-order valence-corrected chi connectivity index (χ1v) is 16.7. The van der Waals surface area contributed by atoms with Crippen LogP contribution in [0, 0.1) is 0 Å². The molecule has 41 heavy (non-hydrogen) atoms. The monoisotopic (exact) mass is 599 g/mol. The molecule has 0 saturated carbocycles. The third kappa shape index (κ3) is 7.82. The summed E-state index contributed by atoms with van der Waals surface area (Å²) in [6, 6.07) is 12.9. The fraction of sp³-hybridized carbons (Fsp3) is 0.448. The number of rotatable bonds is 8. The maximum atomic E-state index is 12.5. The third-order valence-corrected chi connectivity index (χ3v) is 9.22. The Balaban J connectivity index is 1.09. The van der Waals surface area contributed by atoms with Gasteiger partial charge in [-0.15, -0.1) is 0 Å². The van der Waals surface area contributed by atoms with Gasteiger partial charge in [-0.2, -0.15) is 4.99 Å². The number of nitrogens with one attached hydrogen (secondary N) is 2. The molecule has 220 valence electrons. The van der Waals surface area contributed by atoms with Crippen LogP contribution in [0.15, 0.2) is 52.4 Å². The van der Waals surface area contributed by atoms with Crippen LogP contribution in [-0.2, 0) is 14.8 Å². The first-order chi connectivity index (χ1) is 19.6. The summed E-state index contributed by atoms with van der Waals surface area (Å²) in [4.78, 5) is 22.0. The molecule has 0 bridgehead atoms. The van der Waals surface area contributed by atoms with Gasteiger partial charge in [-0.05, 0) is 85.3 Å². The number of hydrogen-bond donors (Lipinski definition) is 4. The Morgan fingerprint density at radius 1 is 1.05 bits per heavy atom. The van der Waals surface area contributed by atoms with Crippen molar-refractivity contribution in [2.75, 3.05) is 48.6 Å². The Morgan fingerprint density at radius 2 is 1.76 bits per heavy atom.